The molecule has 1 N–H and O–H groups in total. The second-order valence-corrected chi connectivity index (χ2v) is 6.10. The zero-order valence-electron chi connectivity index (χ0n) is 12.2. The first-order valence-corrected chi connectivity index (χ1v) is 7.60. The Morgan fingerprint density at radius 1 is 0.952 bits per heavy atom. The summed E-state index contributed by atoms with van der Waals surface area (Å²) in [5.41, 5.74) is 4.42. The molecule has 0 saturated heterocycles. The van der Waals surface area contributed by atoms with Gasteiger partial charge < -0.3 is 5.32 Å². The molecule has 3 nitrogen and oxygen atoms in total. The van der Waals surface area contributed by atoms with E-state index in [0.29, 0.717) is 0 Å². The largest absolute Gasteiger partial charge is 0.373 e. The molecule has 1 heterocycles. The van der Waals surface area contributed by atoms with Gasteiger partial charge in [0.15, 0.2) is 5.82 Å². The van der Waals surface area contributed by atoms with Crippen LogP contribution in [0.1, 0.15) is 11.1 Å². The van der Waals surface area contributed by atoms with Crippen molar-refractivity contribution in [2.24, 2.45) is 0 Å². The highest BCUT2D eigenvalue weighted by atomic mass is 79.9. The van der Waals surface area contributed by atoms with Crippen molar-refractivity contribution >= 4 is 32.7 Å². The van der Waals surface area contributed by atoms with Crippen LogP contribution in [0.4, 0.5) is 5.82 Å². The fraction of sp³-hybridized carbons (Fsp3) is 0.176. The average Bonchev–Trinajstić information content (AvgIpc) is 2.45. The summed E-state index contributed by atoms with van der Waals surface area (Å²) in [4.78, 5) is 9.38. The molecule has 0 spiro atoms. The Balaban J connectivity index is 2.26. The minimum Gasteiger partial charge on any atom is -0.373 e. The zero-order valence-corrected chi connectivity index (χ0v) is 13.8. The molecule has 0 aliphatic rings. The fourth-order valence-electron chi connectivity index (χ4n) is 2.52. The van der Waals surface area contributed by atoms with Gasteiger partial charge in [-0.25, -0.2) is 9.97 Å². The van der Waals surface area contributed by atoms with Gasteiger partial charge in [0.1, 0.15) is 5.82 Å². The van der Waals surface area contributed by atoms with E-state index in [1.54, 1.807) is 0 Å². The van der Waals surface area contributed by atoms with E-state index in [9.17, 15) is 0 Å². The minimum absolute atomic E-state index is 0.751. The number of hydrogen-bond acceptors (Lipinski definition) is 3. The van der Waals surface area contributed by atoms with Crippen molar-refractivity contribution in [2.75, 3.05) is 12.4 Å². The van der Waals surface area contributed by atoms with Crippen LogP contribution in [0.15, 0.2) is 40.9 Å². The Bertz CT molecular complexity index is 807. The second kappa shape index (κ2) is 5.45. The van der Waals surface area contributed by atoms with Crippen LogP contribution < -0.4 is 5.32 Å². The predicted octanol–water partition coefficient (Wildman–Crippen LogP) is 4.72. The van der Waals surface area contributed by atoms with Gasteiger partial charge in [-0.15, -0.1) is 0 Å². The van der Waals surface area contributed by atoms with E-state index in [-0.39, 0.29) is 0 Å². The van der Waals surface area contributed by atoms with Crippen LogP contribution in [0, 0.1) is 13.8 Å². The Kier molecular flexibility index (Phi) is 3.64. The quantitative estimate of drug-likeness (QED) is 0.732. The molecule has 4 heteroatoms. The molecule has 0 bridgehead atoms. The van der Waals surface area contributed by atoms with Gasteiger partial charge in [-0.3, -0.25) is 0 Å². The first-order valence-electron chi connectivity index (χ1n) is 6.80. The summed E-state index contributed by atoms with van der Waals surface area (Å²) in [6, 6.07) is 12.4. The molecule has 0 unspecified atom stereocenters. The van der Waals surface area contributed by atoms with Gasteiger partial charge in [0.25, 0.3) is 0 Å². The molecule has 0 fully saturated rings. The number of benzene rings is 2. The molecule has 0 aliphatic carbocycles. The van der Waals surface area contributed by atoms with Crippen molar-refractivity contribution in [2.45, 2.75) is 13.8 Å². The molecule has 21 heavy (non-hydrogen) atoms. The topological polar surface area (TPSA) is 37.8 Å². The normalized spacial score (nSPS) is 10.9. The molecule has 0 atom stereocenters. The Morgan fingerprint density at radius 2 is 1.67 bits per heavy atom. The third kappa shape index (κ3) is 2.76. The van der Waals surface area contributed by atoms with Gasteiger partial charge in [0.2, 0.25) is 0 Å². The van der Waals surface area contributed by atoms with E-state index in [0.717, 1.165) is 32.6 Å². The SMILES string of the molecule is CNc1nc(-c2cc(C)cc(C)c2)nc2ccc(Br)cc12. The van der Waals surface area contributed by atoms with Crippen molar-refractivity contribution in [3.05, 3.63) is 52.0 Å². The van der Waals surface area contributed by atoms with Crippen LogP contribution in [0.3, 0.4) is 0 Å². The van der Waals surface area contributed by atoms with Gasteiger partial charge in [-0.2, -0.15) is 0 Å². The van der Waals surface area contributed by atoms with E-state index >= 15 is 0 Å². The second-order valence-electron chi connectivity index (χ2n) is 5.18. The summed E-state index contributed by atoms with van der Waals surface area (Å²) in [5, 5.41) is 4.18. The van der Waals surface area contributed by atoms with Crippen LogP contribution in [-0.2, 0) is 0 Å². The standard InChI is InChI=1S/C17H16BrN3/c1-10-6-11(2)8-12(7-10)16-20-15-5-4-13(18)9-14(15)17(19-3)21-16/h4-9H,1-3H3,(H,19,20,21). The molecule has 3 aromatic rings. The molecule has 1 aromatic heterocycles. The number of halogens is 1. The highest BCUT2D eigenvalue weighted by Crippen LogP contribution is 2.28. The summed E-state index contributed by atoms with van der Waals surface area (Å²) in [6.45, 7) is 4.18. The van der Waals surface area contributed by atoms with Crippen molar-refractivity contribution in [3.63, 3.8) is 0 Å². The van der Waals surface area contributed by atoms with Crippen LogP contribution >= 0.6 is 15.9 Å². The summed E-state index contributed by atoms with van der Waals surface area (Å²) in [7, 11) is 1.88. The van der Waals surface area contributed by atoms with Crippen LogP contribution in [0.2, 0.25) is 0 Å². The maximum absolute atomic E-state index is 4.71. The minimum atomic E-state index is 0.751. The molecular weight excluding hydrogens is 326 g/mol. The van der Waals surface area contributed by atoms with Crippen molar-refractivity contribution in [1.82, 2.24) is 9.97 Å². The van der Waals surface area contributed by atoms with Gasteiger partial charge in [-0.05, 0) is 44.2 Å². The lowest BCUT2D eigenvalue weighted by atomic mass is 10.1. The molecule has 2 aromatic carbocycles. The van der Waals surface area contributed by atoms with Crippen LogP contribution in [0.25, 0.3) is 22.3 Å². The molecule has 3 rings (SSSR count). The average molecular weight is 342 g/mol. The maximum atomic E-state index is 4.71. The Morgan fingerprint density at radius 3 is 2.33 bits per heavy atom. The molecule has 0 saturated carbocycles. The monoisotopic (exact) mass is 341 g/mol. The fourth-order valence-corrected chi connectivity index (χ4v) is 2.89. The van der Waals surface area contributed by atoms with Crippen LogP contribution in [-0.4, -0.2) is 17.0 Å². The smallest absolute Gasteiger partial charge is 0.162 e. The zero-order chi connectivity index (χ0) is 15.0. The third-order valence-corrected chi connectivity index (χ3v) is 3.87. The van der Waals surface area contributed by atoms with E-state index in [1.165, 1.54) is 11.1 Å². The van der Waals surface area contributed by atoms with E-state index in [4.69, 9.17) is 4.98 Å². The van der Waals surface area contributed by atoms with Gasteiger partial charge in [-0.1, -0.05) is 33.1 Å². The maximum Gasteiger partial charge on any atom is 0.162 e. The highest BCUT2D eigenvalue weighted by molar-refractivity contribution is 9.10. The first kappa shape index (κ1) is 14.0. The number of nitrogens with one attached hydrogen (secondary N) is 1. The van der Waals surface area contributed by atoms with E-state index < -0.39 is 0 Å². The first-order chi connectivity index (χ1) is 10.1. The highest BCUT2D eigenvalue weighted by Gasteiger charge is 2.09. The number of nitrogens with zero attached hydrogens (tertiary/aromatic N) is 2. The van der Waals surface area contributed by atoms with Gasteiger partial charge >= 0.3 is 0 Å². The van der Waals surface area contributed by atoms with E-state index in [2.05, 4.69) is 58.3 Å². The van der Waals surface area contributed by atoms with E-state index in [1.807, 2.05) is 25.2 Å². The van der Waals surface area contributed by atoms with Gasteiger partial charge in [0, 0.05) is 22.5 Å². The number of rotatable bonds is 2. The molecule has 0 amide bonds. The summed E-state index contributed by atoms with van der Waals surface area (Å²) in [6.07, 6.45) is 0. The summed E-state index contributed by atoms with van der Waals surface area (Å²) >= 11 is 3.49. The van der Waals surface area contributed by atoms with Crippen molar-refractivity contribution in [3.8, 4) is 11.4 Å². The molecule has 0 aliphatic heterocycles. The van der Waals surface area contributed by atoms with Gasteiger partial charge in [0.05, 0.1) is 5.52 Å². The predicted molar refractivity (Wildman–Crippen MR) is 91.7 cm³/mol. The summed E-state index contributed by atoms with van der Waals surface area (Å²) < 4.78 is 1.02. The Hall–Kier alpha value is -1.94. The Labute approximate surface area is 132 Å². The number of fused-ring (bicyclic) bond motifs is 1. The van der Waals surface area contributed by atoms with Crippen molar-refractivity contribution in [1.29, 1.82) is 0 Å². The molecular formula is C17H16BrN3. The molecule has 106 valence electrons. The van der Waals surface area contributed by atoms with Crippen molar-refractivity contribution < 1.29 is 0 Å². The molecule has 0 radical (unpaired) electrons. The lowest BCUT2D eigenvalue weighted by molar-refractivity contribution is 1.20. The number of aryl methyl sites for hydroxylation is 2. The number of hydrogen-bond donors (Lipinski definition) is 1. The summed E-state index contributed by atoms with van der Waals surface area (Å²) in [5.74, 6) is 1.59. The third-order valence-electron chi connectivity index (χ3n) is 3.37. The van der Waals surface area contributed by atoms with Crippen LogP contribution in [0.5, 0.6) is 0 Å². The number of anilines is 1. The number of aromatic nitrogens is 2. The lowest BCUT2D eigenvalue weighted by Gasteiger charge is -2.10. The lowest BCUT2D eigenvalue weighted by Crippen LogP contribution is -1.99.